The van der Waals surface area contributed by atoms with Crippen LogP contribution in [0.1, 0.15) is 44.7 Å². The Morgan fingerprint density at radius 2 is 1.54 bits per heavy atom. The summed E-state index contributed by atoms with van der Waals surface area (Å²) in [6.07, 6.45) is 5.10. The second kappa shape index (κ2) is 10.6. The van der Waals surface area contributed by atoms with Gasteiger partial charge in [0.15, 0.2) is 12.4 Å². The van der Waals surface area contributed by atoms with Crippen LogP contribution in [0.4, 0.5) is 5.69 Å². The predicted molar refractivity (Wildman–Crippen MR) is 156 cm³/mol. The number of esters is 1. The molecule has 1 fully saturated rings. The third kappa shape index (κ3) is 4.84. The van der Waals surface area contributed by atoms with Gasteiger partial charge in [0.25, 0.3) is 0 Å². The largest absolute Gasteiger partial charge is 0.454 e. The Bertz CT molecular complexity index is 1730. The Labute approximate surface area is 237 Å². The van der Waals surface area contributed by atoms with Crippen LogP contribution in [0.3, 0.4) is 0 Å². The topological polar surface area (TPSA) is 93.6 Å². The van der Waals surface area contributed by atoms with Crippen molar-refractivity contribution in [2.24, 2.45) is 11.8 Å². The van der Waals surface area contributed by atoms with Crippen LogP contribution in [0.5, 0.6) is 0 Å². The van der Waals surface area contributed by atoms with Crippen LogP contribution in [0.15, 0.2) is 84.9 Å². The Kier molecular flexibility index (Phi) is 6.79. The normalized spacial score (nSPS) is 18.0. The Hall–Kier alpha value is -4.91. The number of aryl methyl sites for hydroxylation is 2. The summed E-state index contributed by atoms with van der Waals surface area (Å²) < 4.78 is 5.47. The number of carbonyl (C=O) groups is 4. The van der Waals surface area contributed by atoms with Crippen molar-refractivity contribution in [1.29, 1.82) is 0 Å². The van der Waals surface area contributed by atoms with E-state index in [4.69, 9.17) is 9.72 Å². The van der Waals surface area contributed by atoms with Crippen molar-refractivity contribution >= 4 is 40.2 Å². The van der Waals surface area contributed by atoms with Gasteiger partial charge in [-0.05, 0) is 68.1 Å². The number of pyridine rings is 1. The summed E-state index contributed by atoms with van der Waals surface area (Å²) in [5, 5.41) is 0.612. The van der Waals surface area contributed by atoms with Gasteiger partial charge in [0, 0.05) is 16.5 Å². The molecule has 1 aliphatic heterocycles. The number of para-hydroxylation sites is 1. The summed E-state index contributed by atoms with van der Waals surface area (Å²) in [6.45, 7) is 3.52. The van der Waals surface area contributed by atoms with E-state index < -0.39 is 5.97 Å². The first kappa shape index (κ1) is 26.3. The van der Waals surface area contributed by atoms with Crippen molar-refractivity contribution in [1.82, 2.24) is 4.98 Å². The molecular formula is C34H28N2O5. The molecule has 0 radical (unpaired) electrons. The van der Waals surface area contributed by atoms with Crippen molar-refractivity contribution in [3.63, 3.8) is 0 Å². The monoisotopic (exact) mass is 544 g/mol. The standard InChI is InChI=1S/C34H28N2O5/c1-20-11-12-23(17-21(20)2)31(37)19-41-34(40)28-18-30(35-29-10-6-5-7-25(28)29)22-13-15-24(16-14-22)36-32(38)26-8-3-4-9-27(26)33(36)39/h3-7,10-18,26-27H,8-9,19H2,1-2H3. The second-order valence-corrected chi connectivity index (χ2v) is 10.6. The van der Waals surface area contributed by atoms with Crippen molar-refractivity contribution in [3.8, 4) is 11.3 Å². The second-order valence-electron chi connectivity index (χ2n) is 10.6. The summed E-state index contributed by atoms with van der Waals surface area (Å²) in [6, 6.07) is 21.3. The molecule has 2 heterocycles. The number of hydrogen-bond acceptors (Lipinski definition) is 6. The number of anilines is 1. The number of Topliss-reactive ketones (excluding diaryl/α,β-unsaturated/α-hetero) is 1. The number of aromatic nitrogens is 1. The summed E-state index contributed by atoms with van der Waals surface area (Å²) in [5.41, 5.74) is 5.21. The number of ketones is 1. The molecule has 0 spiro atoms. The molecule has 41 heavy (non-hydrogen) atoms. The van der Waals surface area contributed by atoms with Gasteiger partial charge in [-0.3, -0.25) is 19.3 Å². The van der Waals surface area contributed by atoms with Gasteiger partial charge in [0.2, 0.25) is 11.8 Å². The first-order chi connectivity index (χ1) is 19.8. The van der Waals surface area contributed by atoms with Gasteiger partial charge >= 0.3 is 5.97 Å². The zero-order valence-corrected chi connectivity index (χ0v) is 22.8. The minimum absolute atomic E-state index is 0.165. The molecule has 0 bridgehead atoms. The quantitative estimate of drug-likeness (QED) is 0.128. The number of rotatable bonds is 6. The zero-order chi connectivity index (χ0) is 28.7. The molecule has 2 aliphatic rings. The van der Waals surface area contributed by atoms with Crippen LogP contribution in [0.2, 0.25) is 0 Å². The van der Waals surface area contributed by atoms with E-state index in [0.717, 1.165) is 11.1 Å². The van der Waals surface area contributed by atoms with Crippen LogP contribution >= 0.6 is 0 Å². The number of hydrogen-bond donors (Lipinski definition) is 0. The van der Waals surface area contributed by atoms with Gasteiger partial charge < -0.3 is 4.74 Å². The molecule has 7 heteroatoms. The van der Waals surface area contributed by atoms with E-state index in [1.54, 1.807) is 48.5 Å². The van der Waals surface area contributed by atoms with E-state index in [1.807, 2.05) is 50.3 Å². The summed E-state index contributed by atoms with van der Waals surface area (Å²) in [5.74, 6) is -1.84. The lowest BCUT2D eigenvalue weighted by atomic mass is 9.85. The lowest BCUT2D eigenvalue weighted by Gasteiger charge is -2.15. The highest BCUT2D eigenvalue weighted by Crippen LogP contribution is 2.38. The van der Waals surface area contributed by atoms with Crippen molar-refractivity contribution < 1.29 is 23.9 Å². The first-order valence-electron chi connectivity index (χ1n) is 13.6. The van der Waals surface area contributed by atoms with E-state index >= 15 is 0 Å². The molecule has 1 aromatic heterocycles. The number of fused-ring (bicyclic) bond motifs is 2. The highest BCUT2D eigenvalue weighted by Gasteiger charge is 2.47. The highest BCUT2D eigenvalue weighted by molar-refractivity contribution is 6.22. The van der Waals surface area contributed by atoms with Crippen LogP contribution in [-0.2, 0) is 14.3 Å². The van der Waals surface area contributed by atoms with E-state index in [9.17, 15) is 19.2 Å². The third-order valence-corrected chi connectivity index (χ3v) is 8.03. The van der Waals surface area contributed by atoms with Crippen LogP contribution in [0.25, 0.3) is 22.2 Å². The summed E-state index contributed by atoms with van der Waals surface area (Å²) in [4.78, 5) is 57.9. The van der Waals surface area contributed by atoms with Crippen LogP contribution in [-0.4, -0.2) is 35.2 Å². The molecular weight excluding hydrogens is 516 g/mol. The van der Waals surface area contributed by atoms with Gasteiger partial charge in [0.1, 0.15) is 0 Å². The zero-order valence-electron chi connectivity index (χ0n) is 22.8. The number of allylic oxidation sites excluding steroid dienone is 2. The van der Waals surface area contributed by atoms with Crippen LogP contribution in [0, 0.1) is 25.7 Å². The molecule has 6 rings (SSSR count). The fraction of sp³-hybridized carbons (Fsp3) is 0.206. The molecule has 1 aliphatic carbocycles. The summed E-state index contributed by atoms with van der Waals surface area (Å²) in [7, 11) is 0. The minimum atomic E-state index is -0.622. The Morgan fingerprint density at radius 3 is 2.22 bits per heavy atom. The number of ether oxygens (including phenoxy) is 1. The van der Waals surface area contributed by atoms with Gasteiger partial charge in [-0.2, -0.15) is 0 Å². The van der Waals surface area contributed by atoms with Gasteiger partial charge in [0.05, 0.1) is 34.3 Å². The maximum atomic E-state index is 13.2. The number of amides is 2. The smallest absolute Gasteiger partial charge is 0.339 e. The highest BCUT2D eigenvalue weighted by atomic mass is 16.5. The third-order valence-electron chi connectivity index (χ3n) is 8.03. The molecule has 4 aromatic rings. The molecule has 0 saturated carbocycles. The van der Waals surface area contributed by atoms with E-state index in [0.29, 0.717) is 51.8 Å². The molecule has 1 saturated heterocycles. The molecule has 2 atom stereocenters. The Balaban J connectivity index is 1.26. The van der Waals surface area contributed by atoms with Gasteiger partial charge in [-0.1, -0.05) is 54.6 Å². The number of benzene rings is 3. The summed E-state index contributed by atoms with van der Waals surface area (Å²) >= 11 is 0. The maximum absolute atomic E-state index is 13.2. The van der Waals surface area contributed by atoms with Gasteiger partial charge in [-0.25, -0.2) is 9.78 Å². The van der Waals surface area contributed by atoms with Crippen molar-refractivity contribution in [2.75, 3.05) is 11.5 Å². The molecule has 2 amide bonds. The van der Waals surface area contributed by atoms with Crippen molar-refractivity contribution in [3.05, 3.63) is 107 Å². The molecule has 2 unspecified atom stereocenters. The average molecular weight is 545 g/mol. The SMILES string of the molecule is Cc1ccc(C(=O)COC(=O)c2cc(-c3ccc(N4C(=O)C5CC=CCC5C4=O)cc3)nc3ccccc23)cc1C. The molecule has 204 valence electrons. The lowest BCUT2D eigenvalue weighted by molar-refractivity contribution is -0.122. The lowest BCUT2D eigenvalue weighted by Crippen LogP contribution is -2.30. The van der Waals surface area contributed by atoms with Gasteiger partial charge in [-0.15, -0.1) is 0 Å². The number of imide groups is 1. The number of nitrogens with zero attached hydrogens (tertiary/aromatic N) is 2. The molecule has 0 N–H and O–H groups in total. The maximum Gasteiger partial charge on any atom is 0.339 e. The fourth-order valence-corrected chi connectivity index (χ4v) is 5.54. The fourth-order valence-electron chi connectivity index (χ4n) is 5.54. The van der Waals surface area contributed by atoms with E-state index in [-0.39, 0.29) is 36.0 Å². The van der Waals surface area contributed by atoms with E-state index in [2.05, 4.69) is 0 Å². The van der Waals surface area contributed by atoms with Crippen molar-refractivity contribution in [2.45, 2.75) is 26.7 Å². The molecule has 7 nitrogen and oxygen atoms in total. The van der Waals surface area contributed by atoms with E-state index in [1.165, 1.54) is 4.90 Å². The average Bonchev–Trinajstić information content (AvgIpc) is 3.26. The first-order valence-corrected chi connectivity index (χ1v) is 13.6. The Morgan fingerprint density at radius 1 is 0.854 bits per heavy atom. The van der Waals surface area contributed by atoms with Crippen LogP contribution < -0.4 is 4.90 Å². The minimum Gasteiger partial charge on any atom is -0.454 e. The number of carbonyl (C=O) groups excluding carboxylic acids is 4. The predicted octanol–water partition coefficient (Wildman–Crippen LogP) is 6.01. The molecule has 3 aromatic carbocycles.